The van der Waals surface area contributed by atoms with Gasteiger partial charge in [0.1, 0.15) is 6.10 Å². The number of amides is 2. The number of anilines is 2. The molecule has 1 fully saturated rings. The number of alkyl halides is 3. The van der Waals surface area contributed by atoms with Crippen molar-refractivity contribution in [3.8, 4) is 0 Å². The smallest absolute Gasteiger partial charge is 0.368 e. The molecule has 8 nitrogen and oxygen atoms in total. The number of hydrogen-bond donors (Lipinski definition) is 3. The van der Waals surface area contributed by atoms with Crippen molar-refractivity contribution < 1.29 is 35.9 Å². The summed E-state index contributed by atoms with van der Waals surface area (Å²) in [5.74, 6) is -1.05. The fourth-order valence-corrected chi connectivity index (χ4v) is 4.61. The molecular formula is C21H22F3N3O5S. The Labute approximate surface area is 188 Å². The number of hydrogen-bond acceptors (Lipinski definition) is 5. The van der Waals surface area contributed by atoms with Gasteiger partial charge in [0.15, 0.2) is 0 Å². The normalized spacial score (nSPS) is 17.4. The van der Waals surface area contributed by atoms with Gasteiger partial charge >= 0.3 is 6.18 Å². The average Bonchev–Trinajstić information content (AvgIpc) is 3.29. The molecule has 178 valence electrons. The lowest BCUT2D eigenvalue weighted by atomic mass is 10.2. The molecule has 0 spiro atoms. The van der Waals surface area contributed by atoms with E-state index in [2.05, 4.69) is 10.6 Å². The second-order valence-electron chi connectivity index (χ2n) is 7.39. The summed E-state index contributed by atoms with van der Waals surface area (Å²) in [6, 6.07) is 8.39. The van der Waals surface area contributed by atoms with Crippen molar-refractivity contribution in [3.63, 3.8) is 0 Å². The number of benzene rings is 2. The molecule has 3 rings (SSSR count). The minimum absolute atomic E-state index is 0.272. The van der Waals surface area contributed by atoms with Gasteiger partial charge in [-0.3, -0.25) is 9.59 Å². The average molecular weight is 485 g/mol. The third-order valence-electron chi connectivity index (χ3n) is 4.85. The maximum absolute atomic E-state index is 13.2. The van der Waals surface area contributed by atoms with Gasteiger partial charge < -0.3 is 15.4 Å². The predicted molar refractivity (Wildman–Crippen MR) is 114 cm³/mol. The van der Waals surface area contributed by atoms with E-state index in [4.69, 9.17) is 4.74 Å². The molecule has 33 heavy (non-hydrogen) atoms. The van der Waals surface area contributed by atoms with Crippen LogP contribution in [0.3, 0.4) is 0 Å². The van der Waals surface area contributed by atoms with Crippen LogP contribution in [-0.4, -0.2) is 39.0 Å². The summed E-state index contributed by atoms with van der Waals surface area (Å²) in [4.78, 5) is 23.5. The molecule has 2 amide bonds. The molecule has 0 saturated carbocycles. The Kier molecular flexibility index (Phi) is 7.40. The van der Waals surface area contributed by atoms with Crippen molar-refractivity contribution in [2.45, 2.75) is 43.0 Å². The van der Waals surface area contributed by atoms with Gasteiger partial charge in [0.2, 0.25) is 15.9 Å². The summed E-state index contributed by atoms with van der Waals surface area (Å²) >= 11 is 0. The maximum atomic E-state index is 13.2. The van der Waals surface area contributed by atoms with Crippen LogP contribution < -0.4 is 15.4 Å². The van der Waals surface area contributed by atoms with E-state index in [1.807, 2.05) is 4.72 Å². The van der Waals surface area contributed by atoms with Gasteiger partial charge in [-0.25, -0.2) is 8.42 Å². The highest BCUT2D eigenvalue weighted by atomic mass is 32.2. The van der Waals surface area contributed by atoms with Crippen LogP contribution in [0.1, 0.15) is 25.3 Å². The number of sulfonamides is 1. The molecule has 0 aromatic heterocycles. The number of rotatable bonds is 7. The van der Waals surface area contributed by atoms with E-state index in [1.54, 1.807) is 0 Å². The molecule has 0 radical (unpaired) electrons. The molecule has 2 aromatic carbocycles. The summed E-state index contributed by atoms with van der Waals surface area (Å²) in [6.07, 6.45) is -3.92. The minimum Gasteiger partial charge on any atom is -0.368 e. The van der Waals surface area contributed by atoms with E-state index in [0.29, 0.717) is 30.5 Å². The zero-order valence-electron chi connectivity index (χ0n) is 17.5. The second-order valence-corrected chi connectivity index (χ2v) is 9.08. The van der Waals surface area contributed by atoms with Crippen LogP contribution in [0.5, 0.6) is 0 Å². The Morgan fingerprint density at radius 2 is 1.64 bits per heavy atom. The predicted octanol–water partition coefficient (Wildman–Crippen LogP) is 3.13. The van der Waals surface area contributed by atoms with Crippen LogP contribution in [0, 0.1) is 0 Å². The third kappa shape index (κ3) is 6.30. The first kappa shape index (κ1) is 24.7. The van der Waals surface area contributed by atoms with Gasteiger partial charge in [-0.15, -0.1) is 0 Å². The van der Waals surface area contributed by atoms with E-state index >= 15 is 0 Å². The van der Waals surface area contributed by atoms with Gasteiger partial charge in [0.25, 0.3) is 5.91 Å². The first-order valence-corrected chi connectivity index (χ1v) is 11.5. The number of halogens is 3. The van der Waals surface area contributed by atoms with Crippen LogP contribution in [0.2, 0.25) is 0 Å². The van der Waals surface area contributed by atoms with Gasteiger partial charge in [-0.05, 0) is 56.2 Å². The van der Waals surface area contributed by atoms with Gasteiger partial charge in [0, 0.05) is 18.0 Å². The Hall–Kier alpha value is -2.96. The highest BCUT2D eigenvalue weighted by molar-refractivity contribution is 7.89. The fourth-order valence-electron chi connectivity index (χ4n) is 3.18. The van der Waals surface area contributed by atoms with Crippen molar-refractivity contribution >= 4 is 33.2 Å². The molecule has 1 aliphatic rings. The number of ether oxygens (including phenoxy) is 1. The summed E-state index contributed by atoms with van der Waals surface area (Å²) in [5.41, 5.74) is -0.548. The molecule has 0 aliphatic carbocycles. The lowest BCUT2D eigenvalue weighted by Crippen LogP contribution is -2.42. The summed E-state index contributed by atoms with van der Waals surface area (Å²) in [7, 11) is -4.63. The Balaban J connectivity index is 1.62. The monoisotopic (exact) mass is 485 g/mol. The van der Waals surface area contributed by atoms with Crippen molar-refractivity contribution in [1.82, 2.24) is 4.72 Å². The highest BCUT2D eigenvalue weighted by Crippen LogP contribution is 2.34. The standard InChI is InChI=1S/C21H22F3N3O5S/c1-13(27-33(30,31)18-7-3-2-5-16(18)21(22,23)24)19(28)25-14-8-10-15(11-9-14)26-20(29)17-6-4-12-32-17/h2-3,5,7-11,13,17,27H,4,6,12H2,1H3,(H,25,28)(H,26,29)/t13-,17?/m0/s1. The van der Waals surface area contributed by atoms with Crippen molar-refractivity contribution in [1.29, 1.82) is 0 Å². The number of carbonyl (C=O) groups is 2. The molecular weight excluding hydrogens is 463 g/mol. The minimum atomic E-state index is -4.88. The van der Waals surface area contributed by atoms with Crippen LogP contribution in [0.15, 0.2) is 53.4 Å². The summed E-state index contributed by atoms with van der Waals surface area (Å²) in [6.45, 7) is 1.74. The summed E-state index contributed by atoms with van der Waals surface area (Å²) in [5, 5.41) is 5.16. The van der Waals surface area contributed by atoms with E-state index in [-0.39, 0.29) is 5.91 Å². The van der Waals surface area contributed by atoms with Crippen LogP contribution >= 0.6 is 0 Å². The first-order valence-electron chi connectivity index (χ1n) is 9.99. The number of nitrogens with one attached hydrogen (secondary N) is 3. The fraction of sp³-hybridized carbons (Fsp3) is 0.333. The molecule has 1 heterocycles. The van der Waals surface area contributed by atoms with Crippen molar-refractivity contribution in [2.24, 2.45) is 0 Å². The van der Waals surface area contributed by atoms with Crippen molar-refractivity contribution in [3.05, 3.63) is 54.1 Å². The zero-order chi connectivity index (χ0) is 24.2. The lowest BCUT2D eigenvalue weighted by Gasteiger charge is -2.17. The Morgan fingerprint density at radius 3 is 2.21 bits per heavy atom. The topological polar surface area (TPSA) is 114 Å². The van der Waals surface area contributed by atoms with Crippen LogP contribution in [0.4, 0.5) is 24.5 Å². The van der Waals surface area contributed by atoms with E-state index in [1.165, 1.54) is 31.2 Å². The third-order valence-corrected chi connectivity index (χ3v) is 6.45. The quantitative estimate of drug-likeness (QED) is 0.558. The maximum Gasteiger partial charge on any atom is 0.417 e. The van der Waals surface area contributed by atoms with E-state index in [9.17, 15) is 31.2 Å². The van der Waals surface area contributed by atoms with Gasteiger partial charge in [-0.1, -0.05) is 12.1 Å². The lowest BCUT2D eigenvalue weighted by molar-refractivity contribution is -0.139. The van der Waals surface area contributed by atoms with Crippen LogP contribution in [0.25, 0.3) is 0 Å². The second kappa shape index (κ2) is 9.89. The van der Waals surface area contributed by atoms with Gasteiger partial charge in [-0.2, -0.15) is 17.9 Å². The molecule has 2 aromatic rings. The summed E-state index contributed by atoms with van der Waals surface area (Å²) < 4.78 is 71.7. The van der Waals surface area contributed by atoms with E-state index in [0.717, 1.165) is 24.6 Å². The number of carbonyl (C=O) groups excluding carboxylic acids is 2. The largest absolute Gasteiger partial charge is 0.417 e. The molecule has 3 N–H and O–H groups in total. The molecule has 12 heteroatoms. The molecule has 0 bridgehead atoms. The molecule has 2 atom stereocenters. The Bertz CT molecular complexity index is 1110. The molecule has 1 unspecified atom stereocenters. The first-order chi connectivity index (χ1) is 15.5. The van der Waals surface area contributed by atoms with E-state index < -0.39 is 44.7 Å². The Morgan fingerprint density at radius 1 is 1.03 bits per heavy atom. The molecule has 1 aliphatic heterocycles. The SMILES string of the molecule is C[C@H](NS(=O)(=O)c1ccccc1C(F)(F)F)C(=O)Nc1ccc(NC(=O)C2CCCO2)cc1. The van der Waals surface area contributed by atoms with Gasteiger partial charge in [0.05, 0.1) is 16.5 Å². The highest BCUT2D eigenvalue weighted by Gasteiger charge is 2.37. The van der Waals surface area contributed by atoms with Crippen LogP contribution in [-0.2, 0) is 30.5 Å². The van der Waals surface area contributed by atoms with Crippen molar-refractivity contribution in [2.75, 3.05) is 17.2 Å². The zero-order valence-corrected chi connectivity index (χ0v) is 18.3. The molecule has 1 saturated heterocycles.